The molecule has 0 aliphatic carbocycles. The van der Waals surface area contributed by atoms with Crippen LogP contribution in [-0.4, -0.2) is 26.9 Å². The first kappa shape index (κ1) is 21.1. The van der Waals surface area contributed by atoms with E-state index in [1.807, 2.05) is 39.0 Å². The van der Waals surface area contributed by atoms with E-state index in [9.17, 15) is 13.2 Å². The second-order valence-corrected chi connectivity index (χ2v) is 8.99. The van der Waals surface area contributed by atoms with Crippen LogP contribution in [0.1, 0.15) is 42.3 Å². The lowest BCUT2D eigenvalue weighted by Gasteiger charge is -2.21. The van der Waals surface area contributed by atoms with Gasteiger partial charge < -0.3 is 10.6 Å². The predicted octanol–water partition coefficient (Wildman–Crippen LogP) is 2.41. The summed E-state index contributed by atoms with van der Waals surface area (Å²) in [6.07, 6.45) is 0. The molecule has 0 unspecified atom stereocenters. The average Bonchev–Trinajstić information content (AvgIpc) is 2.60. The van der Waals surface area contributed by atoms with Gasteiger partial charge in [0.05, 0.1) is 4.90 Å². The first-order valence-corrected chi connectivity index (χ1v) is 10.2. The van der Waals surface area contributed by atoms with E-state index < -0.39 is 15.6 Å². The molecule has 0 aliphatic heterocycles. The van der Waals surface area contributed by atoms with Crippen LogP contribution in [0.4, 0.5) is 0 Å². The molecule has 0 radical (unpaired) electrons. The number of nitrogens with one attached hydrogen (secondary N) is 3. The van der Waals surface area contributed by atoms with E-state index in [2.05, 4.69) is 15.4 Å². The van der Waals surface area contributed by atoms with E-state index in [0.29, 0.717) is 24.2 Å². The van der Waals surface area contributed by atoms with Gasteiger partial charge in [-0.3, -0.25) is 4.79 Å². The molecule has 2 rings (SSSR count). The Labute approximate surface area is 161 Å². The fourth-order valence-electron chi connectivity index (χ4n) is 2.63. The third-order valence-electron chi connectivity index (χ3n) is 3.79. The average molecular weight is 390 g/mol. The summed E-state index contributed by atoms with van der Waals surface area (Å²) in [5.41, 5.74) is 1.77. The zero-order chi connectivity index (χ0) is 20.1. The standard InChI is InChI=1S/C20H27N3O3S/c1-20(2,3)23-27(25,26)18-8-6-5-7-17(18)14-22-13-15-9-11-16(12-10-15)19(24)21-4/h5-12,22-23H,13-14H2,1-4H3,(H,21,24). The van der Waals surface area contributed by atoms with Gasteiger partial charge in [-0.2, -0.15) is 0 Å². The van der Waals surface area contributed by atoms with Gasteiger partial charge in [-0.15, -0.1) is 0 Å². The van der Waals surface area contributed by atoms with Gasteiger partial charge in [-0.25, -0.2) is 13.1 Å². The van der Waals surface area contributed by atoms with Crippen LogP contribution in [-0.2, 0) is 23.1 Å². The van der Waals surface area contributed by atoms with Crippen molar-refractivity contribution >= 4 is 15.9 Å². The predicted molar refractivity (Wildman–Crippen MR) is 107 cm³/mol. The second kappa shape index (κ2) is 8.65. The van der Waals surface area contributed by atoms with Crippen LogP contribution in [0.5, 0.6) is 0 Å². The minimum atomic E-state index is -3.60. The number of amides is 1. The minimum absolute atomic E-state index is 0.125. The van der Waals surface area contributed by atoms with Gasteiger partial charge in [0.25, 0.3) is 5.91 Å². The molecule has 146 valence electrons. The van der Waals surface area contributed by atoms with Gasteiger partial charge >= 0.3 is 0 Å². The Bertz CT molecular complexity index is 885. The van der Waals surface area contributed by atoms with Crippen LogP contribution < -0.4 is 15.4 Å². The van der Waals surface area contributed by atoms with Crippen molar-refractivity contribution in [2.45, 2.75) is 44.3 Å². The van der Waals surface area contributed by atoms with Crippen molar-refractivity contribution in [3.8, 4) is 0 Å². The summed E-state index contributed by atoms with van der Waals surface area (Å²) in [6, 6.07) is 14.2. The quantitative estimate of drug-likeness (QED) is 0.679. The maximum absolute atomic E-state index is 12.7. The highest BCUT2D eigenvalue weighted by molar-refractivity contribution is 7.89. The molecule has 6 nitrogen and oxygen atoms in total. The maximum Gasteiger partial charge on any atom is 0.251 e. The molecule has 0 atom stereocenters. The number of carbonyl (C=O) groups excluding carboxylic acids is 1. The van der Waals surface area contributed by atoms with Crippen molar-refractivity contribution in [3.05, 3.63) is 65.2 Å². The lowest BCUT2D eigenvalue weighted by Crippen LogP contribution is -2.40. The van der Waals surface area contributed by atoms with Crippen molar-refractivity contribution in [3.63, 3.8) is 0 Å². The summed E-state index contributed by atoms with van der Waals surface area (Å²) < 4.78 is 28.0. The molecule has 0 bridgehead atoms. The lowest BCUT2D eigenvalue weighted by molar-refractivity contribution is 0.0963. The summed E-state index contributed by atoms with van der Waals surface area (Å²) in [7, 11) is -2.00. The summed E-state index contributed by atoms with van der Waals surface area (Å²) in [6.45, 7) is 6.42. The van der Waals surface area contributed by atoms with Gasteiger partial charge in [0.2, 0.25) is 10.0 Å². The highest BCUT2D eigenvalue weighted by Crippen LogP contribution is 2.18. The molecule has 2 aromatic carbocycles. The van der Waals surface area contributed by atoms with Gasteiger partial charge in [-0.1, -0.05) is 30.3 Å². The Balaban J connectivity index is 2.06. The molecule has 0 saturated heterocycles. The molecule has 3 N–H and O–H groups in total. The highest BCUT2D eigenvalue weighted by atomic mass is 32.2. The molecule has 0 spiro atoms. The van der Waals surface area contributed by atoms with E-state index in [-0.39, 0.29) is 10.8 Å². The minimum Gasteiger partial charge on any atom is -0.355 e. The van der Waals surface area contributed by atoms with E-state index in [1.54, 1.807) is 37.4 Å². The Morgan fingerprint density at radius 2 is 1.59 bits per heavy atom. The highest BCUT2D eigenvalue weighted by Gasteiger charge is 2.23. The van der Waals surface area contributed by atoms with Gasteiger partial charge in [0.1, 0.15) is 0 Å². The Hall–Kier alpha value is -2.22. The topological polar surface area (TPSA) is 87.3 Å². The maximum atomic E-state index is 12.7. The molecular formula is C20H27N3O3S. The number of carbonyl (C=O) groups is 1. The summed E-state index contributed by atoms with van der Waals surface area (Å²) >= 11 is 0. The van der Waals surface area contributed by atoms with Crippen LogP contribution in [0.25, 0.3) is 0 Å². The SMILES string of the molecule is CNC(=O)c1ccc(CNCc2ccccc2S(=O)(=O)NC(C)(C)C)cc1. The smallest absolute Gasteiger partial charge is 0.251 e. The van der Waals surface area contributed by atoms with Crippen LogP contribution in [0, 0.1) is 0 Å². The van der Waals surface area contributed by atoms with Crippen LogP contribution in [0.3, 0.4) is 0 Å². The third-order valence-corrected chi connectivity index (χ3v) is 5.65. The van der Waals surface area contributed by atoms with Crippen LogP contribution >= 0.6 is 0 Å². The summed E-state index contributed by atoms with van der Waals surface area (Å²) in [5, 5.41) is 5.85. The van der Waals surface area contributed by atoms with E-state index in [0.717, 1.165) is 5.56 Å². The zero-order valence-electron chi connectivity index (χ0n) is 16.2. The van der Waals surface area contributed by atoms with E-state index >= 15 is 0 Å². The van der Waals surface area contributed by atoms with Crippen molar-refractivity contribution in [1.29, 1.82) is 0 Å². The molecule has 0 saturated carbocycles. The third kappa shape index (κ3) is 6.16. The van der Waals surface area contributed by atoms with E-state index in [1.165, 1.54) is 0 Å². The molecule has 27 heavy (non-hydrogen) atoms. The van der Waals surface area contributed by atoms with Gasteiger partial charge in [0.15, 0.2) is 0 Å². The lowest BCUT2D eigenvalue weighted by atomic mass is 10.1. The van der Waals surface area contributed by atoms with Gasteiger partial charge in [-0.05, 0) is 50.1 Å². The van der Waals surface area contributed by atoms with Crippen molar-refractivity contribution in [2.24, 2.45) is 0 Å². The largest absolute Gasteiger partial charge is 0.355 e. The number of rotatable bonds is 7. The number of benzene rings is 2. The van der Waals surface area contributed by atoms with Crippen molar-refractivity contribution in [1.82, 2.24) is 15.4 Å². The first-order chi connectivity index (χ1) is 12.6. The molecule has 2 aromatic rings. The monoisotopic (exact) mass is 389 g/mol. The molecule has 0 heterocycles. The molecule has 0 aliphatic rings. The van der Waals surface area contributed by atoms with Gasteiger partial charge in [0, 0.05) is 31.2 Å². The van der Waals surface area contributed by atoms with E-state index in [4.69, 9.17) is 0 Å². The Morgan fingerprint density at radius 3 is 2.19 bits per heavy atom. The molecule has 7 heteroatoms. The van der Waals surface area contributed by atoms with Crippen molar-refractivity contribution in [2.75, 3.05) is 7.05 Å². The normalized spacial score (nSPS) is 12.0. The number of hydrogen-bond donors (Lipinski definition) is 3. The molecule has 1 amide bonds. The number of sulfonamides is 1. The fourth-order valence-corrected chi connectivity index (χ4v) is 4.29. The zero-order valence-corrected chi connectivity index (χ0v) is 17.0. The summed E-state index contributed by atoms with van der Waals surface area (Å²) in [4.78, 5) is 11.8. The second-order valence-electron chi connectivity index (χ2n) is 7.34. The van der Waals surface area contributed by atoms with Crippen LogP contribution in [0.2, 0.25) is 0 Å². The number of hydrogen-bond acceptors (Lipinski definition) is 4. The molecule has 0 fully saturated rings. The molecule has 0 aromatic heterocycles. The fraction of sp³-hybridized carbons (Fsp3) is 0.350. The van der Waals surface area contributed by atoms with Crippen molar-refractivity contribution < 1.29 is 13.2 Å². The molecular weight excluding hydrogens is 362 g/mol. The van der Waals surface area contributed by atoms with Crippen LogP contribution in [0.15, 0.2) is 53.4 Å². The summed E-state index contributed by atoms with van der Waals surface area (Å²) in [5.74, 6) is -0.125. The first-order valence-electron chi connectivity index (χ1n) is 8.76. The Morgan fingerprint density at radius 1 is 0.963 bits per heavy atom. The Kier molecular flexibility index (Phi) is 6.75.